The number of oxime groups is 1. The molecule has 1 aromatic carbocycles. The van der Waals surface area contributed by atoms with Crippen molar-refractivity contribution in [3.63, 3.8) is 0 Å². The van der Waals surface area contributed by atoms with Crippen molar-refractivity contribution in [2.75, 3.05) is 11.9 Å². The number of nitrogens with one attached hydrogen (secondary N) is 2. The second-order valence-corrected chi connectivity index (χ2v) is 5.08. The van der Waals surface area contributed by atoms with Crippen LogP contribution >= 0.6 is 11.6 Å². The van der Waals surface area contributed by atoms with E-state index in [0.29, 0.717) is 16.3 Å². The molecule has 25 heavy (non-hydrogen) atoms. The monoisotopic (exact) mass is 368 g/mol. The zero-order valence-corrected chi connectivity index (χ0v) is 14.5. The molecule has 9 nitrogen and oxygen atoms in total. The van der Waals surface area contributed by atoms with Gasteiger partial charge < -0.3 is 15.3 Å². The number of amides is 2. The average Bonchev–Trinajstić information content (AvgIpc) is 2.57. The standard InChI is InChI=1S/C15H17ClN4O5/c1-4-25-15(23)12(20-24)9(3)18-19-14(22)13(21)17-11-7-5-6-10(16)8(11)2/h5-7,24H,4H2,1-3H3,(H,17,21)(H,19,22). The van der Waals surface area contributed by atoms with Crippen molar-refractivity contribution in [1.29, 1.82) is 0 Å². The molecule has 1 aromatic rings. The molecule has 10 heteroatoms. The maximum Gasteiger partial charge on any atom is 0.362 e. The largest absolute Gasteiger partial charge is 0.461 e. The predicted molar refractivity (Wildman–Crippen MR) is 91.9 cm³/mol. The maximum atomic E-state index is 11.9. The van der Waals surface area contributed by atoms with Gasteiger partial charge in [-0.15, -0.1) is 0 Å². The first-order chi connectivity index (χ1) is 11.8. The second kappa shape index (κ2) is 9.38. The summed E-state index contributed by atoms with van der Waals surface area (Å²) in [5, 5.41) is 17.9. The number of hydrazone groups is 1. The molecule has 0 spiro atoms. The Kier molecular flexibility index (Phi) is 7.54. The predicted octanol–water partition coefficient (Wildman–Crippen LogP) is 1.47. The fourth-order valence-electron chi connectivity index (χ4n) is 1.62. The lowest BCUT2D eigenvalue weighted by molar-refractivity contribution is -0.136. The van der Waals surface area contributed by atoms with Crippen LogP contribution in [-0.4, -0.2) is 41.0 Å². The summed E-state index contributed by atoms with van der Waals surface area (Å²) in [6.45, 7) is 4.62. The number of nitrogens with zero attached hydrogens (tertiary/aromatic N) is 2. The van der Waals surface area contributed by atoms with E-state index in [0.717, 1.165) is 0 Å². The highest BCUT2D eigenvalue weighted by atomic mass is 35.5. The Balaban J connectivity index is 2.76. The number of halogens is 1. The number of rotatable bonds is 5. The van der Waals surface area contributed by atoms with E-state index in [9.17, 15) is 14.4 Å². The first kappa shape index (κ1) is 20.1. The number of benzene rings is 1. The minimum absolute atomic E-state index is 0.0683. The van der Waals surface area contributed by atoms with Gasteiger partial charge in [-0.1, -0.05) is 22.8 Å². The van der Waals surface area contributed by atoms with Gasteiger partial charge in [-0.3, -0.25) is 9.59 Å². The number of ether oxygens (including phenoxy) is 1. The molecule has 2 amide bonds. The molecule has 0 fully saturated rings. The van der Waals surface area contributed by atoms with Gasteiger partial charge in [-0.05, 0) is 38.5 Å². The zero-order chi connectivity index (χ0) is 19.0. The van der Waals surface area contributed by atoms with E-state index < -0.39 is 23.5 Å². The van der Waals surface area contributed by atoms with Crippen LogP contribution in [0.15, 0.2) is 28.5 Å². The number of carbonyl (C=O) groups is 3. The summed E-state index contributed by atoms with van der Waals surface area (Å²) in [5.74, 6) is -2.99. The number of hydrogen-bond acceptors (Lipinski definition) is 7. The van der Waals surface area contributed by atoms with Gasteiger partial charge in [0.25, 0.3) is 0 Å². The van der Waals surface area contributed by atoms with Crippen molar-refractivity contribution in [1.82, 2.24) is 5.43 Å². The maximum absolute atomic E-state index is 11.9. The Labute approximate surface area is 148 Å². The van der Waals surface area contributed by atoms with Crippen LogP contribution in [0.3, 0.4) is 0 Å². The number of anilines is 1. The molecule has 0 radical (unpaired) electrons. The van der Waals surface area contributed by atoms with E-state index in [1.807, 2.05) is 5.43 Å². The van der Waals surface area contributed by atoms with Gasteiger partial charge in [0.15, 0.2) is 0 Å². The summed E-state index contributed by atoms with van der Waals surface area (Å²) in [6, 6.07) is 4.85. The summed E-state index contributed by atoms with van der Waals surface area (Å²) < 4.78 is 4.66. The van der Waals surface area contributed by atoms with Crippen molar-refractivity contribution in [2.24, 2.45) is 10.3 Å². The molecule has 0 heterocycles. The molecule has 1 rings (SSSR count). The lowest BCUT2D eigenvalue weighted by Gasteiger charge is -2.08. The Morgan fingerprint density at radius 3 is 2.56 bits per heavy atom. The fraction of sp³-hybridized carbons (Fsp3) is 0.267. The fourth-order valence-corrected chi connectivity index (χ4v) is 1.80. The van der Waals surface area contributed by atoms with Crippen LogP contribution in [0.5, 0.6) is 0 Å². The molecule has 0 aliphatic heterocycles. The van der Waals surface area contributed by atoms with E-state index in [1.54, 1.807) is 32.0 Å². The lowest BCUT2D eigenvalue weighted by Crippen LogP contribution is -2.34. The van der Waals surface area contributed by atoms with Crippen molar-refractivity contribution in [3.05, 3.63) is 28.8 Å². The number of hydrogen-bond donors (Lipinski definition) is 3. The van der Waals surface area contributed by atoms with Crippen molar-refractivity contribution in [3.8, 4) is 0 Å². The number of esters is 1. The molecular formula is C15H17ClN4O5. The topological polar surface area (TPSA) is 129 Å². The van der Waals surface area contributed by atoms with Crippen LogP contribution < -0.4 is 10.7 Å². The molecule has 0 atom stereocenters. The highest BCUT2D eigenvalue weighted by Gasteiger charge is 2.19. The van der Waals surface area contributed by atoms with Gasteiger partial charge in [-0.2, -0.15) is 5.10 Å². The second-order valence-electron chi connectivity index (χ2n) is 4.67. The Morgan fingerprint density at radius 1 is 1.28 bits per heavy atom. The van der Waals surface area contributed by atoms with Crippen molar-refractivity contribution < 1.29 is 24.3 Å². The lowest BCUT2D eigenvalue weighted by atomic mass is 10.2. The third-order valence-electron chi connectivity index (χ3n) is 2.96. The van der Waals surface area contributed by atoms with Crippen molar-refractivity contribution in [2.45, 2.75) is 20.8 Å². The normalized spacial score (nSPS) is 11.7. The summed E-state index contributed by atoms with van der Waals surface area (Å²) in [6.07, 6.45) is 0. The molecule has 0 aliphatic rings. The van der Waals surface area contributed by atoms with Gasteiger partial charge in [0, 0.05) is 10.7 Å². The first-order valence-electron chi connectivity index (χ1n) is 7.12. The molecule has 0 unspecified atom stereocenters. The van der Waals surface area contributed by atoms with E-state index in [4.69, 9.17) is 16.8 Å². The molecule has 134 valence electrons. The minimum Gasteiger partial charge on any atom is -0.461 e. The molecular weight excluding hydrogens is 352 g/mol. The van der Waals surface area contributed by atoms with E-state index in [2.05, 4.69) is 20.3 Å². The molecule has 0 aliphatic carbocycles. The molecule has 0 aromatic heterocycles. The van der Waals surface area contributed by atoms with Crippen molar-refractivity contribution >= 4 is 46.5 Å². The number of carbonyl (C=O) groups excluding carboxylic acids is 3. The first-order valence-corrected chi connectivity index (χ1v) is 7.49. The average molecular weight is 369 g/mol. The van der Waals surface area contributed by atoms with Crippen LogP contribution in [0, 0.1) is 6.92 Å². The van der Waals surface area contributed by atoms with Gasteiger partial charge in [0.1, 0.15) is 0 Å². The van der Waals surface area contributed by atoms with Gasteiger partial charge >= 0.3 is 17.8 Å². The zero-order valence-electron chi connectivity index (χ0n) is 13.8. The van der Waals surface area contributed by atoms with E-state index >= 15 is 0 Å². The van der Waals surface area contributed by atoms with Gasteiger partial charge in [0.2, 0.25) is 5.71 Å². The van der Waals surface area contributed by atoms with E-state index in [1.165, 1.54) is 6.92 Å². The molecule has 0 saturated carbocycles. The highest BCUT2D eigenvalue weighted by Crippen LogP contribution is 2.22. The van der Waals surface area contributed by atoms with Crippen LogP contribution in [0.1, 0.15) is 19.4 Å². The Morgan fingerprint density at radius 2 is 1.96 bits per heavy atom. The minimum atomic E-state index is -1.08. The quantitative estimate of drug-likeness (QED) is 0.238. The SMILES string of the molecule is CCOC(=O)C(=NO)C(C)=NNC(=O)C(=O)Nc1cccc(Cl)c1C. The summed E-state index contributed by atoms with van der Waals surface area (Å²) in [5.41, 5.74) is 2.29. The molecule has 0 saturated heterocycles. The Bertz CT molecular complexity index is 745. The third-order valence-corrected chi connectivity index (χ3v) is 3.37. The highest BCUT2D eigenvalue weighted by molar-refractivity contribution is 6.65. The van der Waals surface area contributed by atoms with Crippen LogP contribution in [0.4, 0.5) is 5.69 Å². The summed E-state index contributed by atoms with van der Waals surface area (Å²) in [7, 11) is 0. The van der Waals surface area contributed by atoms with Gasteiger partial charge in [-0.25, -0.2) is 10.2 Å². The smallest absolute Gasteiger partial charge is 0.362 e. The summed E-state index contributed by atoms with van der Waals surface area (Å²) >= 11 is 5.93. The van der Waals surface area contributed by atoms with Gasteiger partial charge in [0.05, 0.1) is 12.3 Å². The van der Waals surface area contributed by atoms with E-state index in [-0.39, 0.29) is 12.3 Å². The third kappa shape index (κ3) is 5.57. The Hall–Kier alpha value is -2.94. The summed E-state index contributed by atoms with van der Waals surface area (Å²) in [4.78, 5) is 35.1. The van der Waals surface area contributed by atoms with Crippen LogP contribution in [0.2, 0.25) is 5.02 Å². The molecule has 0 bridgehead atoms. The van der Waals surface area contributed by atoms with Crippen LogP contribution in [-0.2, 0) is 19.1 Å². The van der Waals surface area contributed by atoms with Crippen LogP contribution in [0.25, 0.3) is 0 Å². The molecule has 3 N–H and O–H groups in total.